The minimum Gasteiger partial charge on any atom is -0.389 e. The van der Waals surface area contributed by atoms with E-state index < -0.39 is 0 Å². The first-order valence-corrected chi connectivity index (χ1v) is 6.87. The number of halogens is 3. The van der Waals surface area contributed by atoms with Gasteiger partial charge in [0.05, 0.1) is 5.02 Å². The van der Waals surface area contributed by atoms with E-state index in [1.807, 2.05) is 12.1 Å². The molecule has 2 rings (SSSR count). The SMILES string of the molecule is NC(=S)c1cc(F)ccc1Nc1ccc(Br)c(Cl)c1. The minimum absolute atomic E-state index is 0.130. The molecule has 0 saturated carbocycles. The van der Waals surface area contributed by atoms with Gasteiger partial charge in [-0.3, -0.25) is 0 Å². The van der Waals surface area contributed by atoms with Crippen LogP contribution in [0.2, 0.25) is 5.02 Å². The molecule has 0 unspecified atom stereocenters. The van der Waals surface area contributed by atoms with Crippen molar-refractivity contribution in [1.82, 2.24) is 0 Å². The summed E-state index contributed by atoms with van der Waals surface area (Å²) >= 11 is 14.2. The molecule has 0 aromatic heterocycles. The van der Waals surface area contributed by atoms with Crippen LogP contribution >= 0.6 is 39.7 Å². The third-order valence-corrected chi connectivity index (χ3v) is 3.90. The first-order chi connectivity index (χ1) is 8.97. The quantitative estimate of drug-likeness (QED) is 0.785. The van der Waals surface area contributed by atoms with Crippen LogP contribution in [0.15, 0.2) is 40.9 Å². The Morgan fingerprint density at radius 2 is 2.00 bits per heavy atom. The Labute approximate surface area is 128 Å². The van der Waals surface area contributed by atoms with Crippen LogP contribution in [-0.2, 0) is 0 Å². The molecule has 98 valence electrons. The topological polar surface area (TPSA) is 38.0 Å². The largest absolute Gasteiger partial charge is 0.389 e. The molecule has 0 saturated heterocycles. The summed E-state index contributed by atoms with van der Waals surface area (Å²) in [7, 11) is 0. The zero-order valence-corrected chi connectivity index (χ0v) is 12.7. The molecule has 19 heavy (non-hydrogen) atoms. The van der Waals surface area contributed by atoms with Crippen LogP contribution in [0.25, 0.3) is 0 Å². The monoisotopic (exact) mass is 358 g/mol. The molecular weight excluding hydrogens is 351 g/mol. The van der Waals surface area contributed by atoms with Gasteiger partial charge in [-0.05, 0) is 52.3 Å². The van der Waals surface area contributed by atoms with E-state index >= 15 is 0 Å². The van der Waals surface area contributed by atoms with E-state index in [9.17, 15) is 4.39 Å². The van der Waals surface area contributed by atoms with E-state index in [0.29, 0.717) is 16.3 Å². The predicted octanol–water partition coefficient (Wildman–Crippen LogP) is 4.62. The molecule has 0 spiro atoms. The van der Waals surface area contributed by atoms with Gasteiger partial charge in [0.1, 0.15) is 10.8 Å². The average molecular weight is 360 g/mol. The van der Waals surface area contributed by atoms with Gasteiger partial charge in [0.25, 0.3) is 0 Å². The van der Waals surface area contributed by atoms with Gasteiger partial charge in [-0.25, -0.2) is 4.39 Å². The molecular formula is C13H9BrClFN2S. The average Bonchev–Trinajstić information content (AvgIpc) is 2.36. The number of hydrogen-bond donors (Lipinski definition) is 2. The lowest BCUT2D eigenvalue weighted by Gasteiger charge is -2.12. The smallest absolute Gasteiger partial charge is 0.124 e. The van der Waals surface area contributed by atoms with Crippen molar-refractivity contribution >= 4 is 56.1 Å². The number of hydrogen-bond acceptors (Lipinski definition) is 2. The van der Waals surface area contributed by atoms with Crippen LogP contribution in [0.3, 0.4) is 0 Å². The Morgan fingerprint density at radius 1 is 1.26 bits per heavy atom. The summed E-state index contributed by atoms with van der Waals surface area (Å²) in [5.41, 5.74) is 7.43. The summed E-state index contributed by atoms with van der Waals surface area (Å²) in [5, 5.41) is 3.68. The molecule has 0 radical (unpaired) electrons. The van der Waals surface area contributed by atoms with Gasteiger partial charge in [0.2, 0.25) is 0 Å². The number of anilines is 2. The third-order valence-electron chi connectivity index (χ3n) is 2.45. The number of rotatable bonds is 3. The second kappa shape index (κ2) is 5.86. The Kier molecular flexibility index (Phi) is 4.39. The minimum atomic E-state index is -0.387. The maximum atomic E-state index is 13.2. The Bertz CT molecular complexity index is 649. The molecule has 3 N–H and O–H groups in total. The predicted molar refractivity (Wildman–Crippen MR) is 84.7 cm³/mol. The Morgan fingerprint density at radius 3 is 2.63 bits per heavy atom. The molecule has 0 heterocycles. The highest BCUT2D eigenvalue weighted by Crippen LogP contribution is 2.28. The van der Waals surface area contributed by atoms with Gasteiger partial charge in [0, 0.05) is 21.4 Å². The summed E-state index contributed by atoms with van der Waals surface area (Å²) in [6, 6.07) is 9.62. The molecule has 0 aliphatic rings. The van der Waals surface area contributed by atoms with Crippen LogP contribution in [0.1, 0.15) is 5.56 Å². The highest BCUT2D eigenvalue weighted by Gasteiger charge is 2.08. The molecule has 0 fully saturated rings. The van der Waals surface area contributed by atoms with Crippen molar-refractivity contribution in [3.63, 3.8) is 0 Å². The van der Waals surface area contributed by atoms with Crippen LogP contribution < -0.4 is 11.1 Å². The molecule has 6 heteroatoms. The van der Waals surface area contributed by atoms with Crippen molar-refractivity contribution in [1.29, 1.82) is 0 Å². The van der Waals surface area contributed by atoms with Gasteiger partial charge in [-0.1, -0.05) is 23.8 Å². The number of benzene rings is 2. The first-order valence-electron chi connectivity index (χ1n) is 5.29. The third kappa shape index (κ3) is 3.43. The van der Waals surface area contributed by atoms with Crippen molar-refractivity contribution in [3.8, 4) is 0 Å². The van der Waals surface area contributed by atoms with Crippen molar-refractivity contribution in [2.45, 2.75) is 0 Å². The zero-order valence-electron chi connectivity index (χ0n) is 9.58. The molecule has 0 aliphatic heterocycles. The summed E-state index contributed by atoms with van der Waals surface area (Å²) in [6.07, 6.45) is 0. The summed E-state index contributed by atoms with van der Waals surface area (Å²) in [5.74, 6) is -0.387. The van der Waals surface area contributed by atoms with E-state index in [2.05, 4.69) is 21.2 Å². The maximum absolute atomic E-state index is 13.2. The van der Waals surface area contributed by atoms with Gasteiger partial charge >= 0.3 is 0 Å². The molecule has 0 bridgehead atoms. The highest BCUT2D eigenvalue weighted by molar-refractivity contribution is 9.10. The molecule has 0 atom stereocenters. The normalized spacial score (nSPS) is 10.3. The van der Waals surface area contributed by atoms with Crippen molar-refractivity contribution in [2.24, 2.45) is 5.73 Å². The Balaban J connectivity index is 2.37. The highest BCUT2D eigenvalue weighted by atomic mass is 79.9. The summed E-state index contributed by atoms with van der Waals surface area (Å²) < 4.78 is 14.0. The fourth-order valence-electron chi connectivity index (χ4n) is 1.56. The zero-order chi connectivity index (χ0) is 14.0. The van der Waals surface area contributed by atoms with Crippen molar-refractivity contribution in [3.05, 3.63) is 57.3 Å². The lowest BCUT2D eigenvalue weighted by molar-refractivity contribution is 0.628. The Hall–Kier alpha value is -1.17. The van der Waals surface area contributed by atoms with Crippen LogP contribution in [-0.4, -0.2) is 4.99 Å². The first kappa shape index (κ1) is 14.2. The van der Waals surface area contributed by atoms with E-state index in [1.54, 1.807) is 12.1 Å². The van der Waals surface area contributed by atoms with Gasteiger partial charge in [-0.15, -0.1) is 0 Å². The second-order valence-corrected chi connectivity index (χ2v) is 5.51. The van der Waals surface area contributed by atoms with E-state index in [0.717, 1.165) is 10.2 Å². The maximum Gasteiger partial charge on any atom is 0.124 e. The molecule has 2 nitrogen and oxygen atoms in total. The number of nitrogens with two attached hydrogens (primary N) is 1. The standard InChI is InChI=1S/C13H9BrClFN2S/c14-10-3-2-8(6-11(10)15)18-12-4-1-7(16)5-9(12)13(17)19/h1-6,18H,(H2,17,19). The fraction of sp³-hybridized carbons (Fsp3) is 0. The van der Waals surface area contributed by atoms with Crippen molar-refractivity contribution < 1.29 is 4.39 Å². The number of nitrogens with one attached hydrogen (secondary N) is 1. The van der Waals surface area contributed by atoms with Gasteiger partial charge in [0.15, 0.2) is 0 Å². The lowest BCUT2D eigenvalue weighted by Crippen LogP contribution is -2.12. The van der Waals surface area contributed by atoms with E-state index in [4.69, 9.17) is 29.6 Å². The van der Waals surface area contributed by atoms with Crippen LogP contribution in [0, 0.1) is 5.82 Å². The number of thiocarbonyl (C=S) groups is 1. The molecule has 2 aromatic rings. The fourth-order valence-corrected chi connectivity index (χ4v) is 2.15. The van der Waals surface area contributed by atoms with Crippen molar-refractivity contribution in [2.75, 3.05) is 5.32 Å². The van der Waals surface area contributed by atoms with Gasteiger partial charge < -0.3 is 11.1 Å². The van der Waals surface area contributed by atoms with Crippen LogP contribution in [0.4, 0.5) is 15.8 Å². The molecule has 0 amide bonds. The van der Waals surface area contributed by atoms with Crippen LogP contribution in [0.5, 0.6) is 0 Å². The van der Waals surface area contributed by atoms with E-state index in [-0.39, 0.29) is 10.8 Å². The van der Waals surface area contributed by atoms with E-state index in [1.165, 1.54) is 12.1 Å². The second-order valence-electron chi connectivity index (χ2n) is 3.81. The molecule has 2 aromatic carbocycles. The lowest BCUT2D eigenvalue weighted by atomic mass is 10.1. The summed E-state index contributed by atoms with van der Waals surface area (Å²) in [4.78, 5) is 0.130. The summed E-state index contributed by atoms with van der Waals surface area (Å²) in [6.45, 7) is 0. The van der Waals surface area contributed by atoms with Gasteiger partial charge in [-0.2, -0.15) is 0 Å². The molecule has 0 aliphatic carbocycles.